The van der Waals surface area contributed by atoms with Crippen molar-refractivity contribution < 1.29 is 5.11 Å². The van der Waals surface area contributed by atoms with Gasteiger partial charge >= 0.3 is 0 Å². The Kier molecular flexibility index (Phi) is 6.83. The van der Waals surface area contributed by atoms with E-state index in [1.165, 1.54) is 6.42 Å². The van der Waals surface area contributed by atoms with Crippen molar-refractivity contribution in [3.05, 3.63) is 36.3 Å². The van der Waals surface area contributed by atoms with Crippen LogP contribution in [0.2, 0.25) is 0 Å². The number of hydrogen-bond acceptors (Lipinski definition) is 1. The average Bonchev–Trinajstić information content (AvgIpc) is 2.29. The van der Waals surface area contributed by atoms with Crippen molar-refractivity contribution in [3.63, 3.8) is 0 Å². The summed E-state index contributed by atoms with van der Waals surface area (Å²) in [6, 6.07) is 0. The van der Waals surface area contributed by atoms with Gasteiger partial charge in [0, 0.05) is 0 Å². The zero-order valence-electron chi connectivity index (χ0n) is 9.97. The Labute approximate surface area is 93.5 Å². The van der Waals surface area contributed by atoms with Crippen LogP contribution in [0.1, 0.15) is 46.0 Å². The zero-order valence-corrected chi connectivity index (χ0v) is 9.97. The molecule has 1 aliphatic rings. The number of allylic oxidation sites excluding steroid dienone is 1. The summed E-state index contributed by atoms with van der Waals surface area (Å²) in [4.78, 5) is 0. The standard InChI is InChI=1S/C10H16O.C4H6/c1-3-9(2)10(11)7-5-4-6-8-10;1-3-4-2/h11H,1,4-8H2,2H3;4H,1H2,2H3. The normalized spacial score (nSPS) is 17.5. The van der Waals surface area contributed by atoms with Crippen LogP contribution >= 0.6 is 0 Å². The molecule has 0 radical (unpaired) electrons. The van der Waals surface area contributed by atoms with Gasteiger partial charge in [0.1, 0.15) is 0 Å². The Morgan fingerprint density at radius 2 is 1.73 bits per heavy atom. The van der Waals surface area contributed by atoms with Gasteiger partial charge in [-0.1, -0.05) is 32.4 Å². The van der Waals surface area contributed by atoms with Crippen LogP contribution in [0.5, 0.6) is 0 Å². The Morgan fingerprint density at radius 1 is 1.27 bits per heavy atom. The smallest absolute Gasteiger partial charge is 0.0927 e. The lowest BCUT2D eigenvalue weighted by Gasteiger charge is -2.31. The fraction of sp³-hybridized carbons (Fsp3) is 0.571. The summed E-state index contributed by atoms with van der Waals surface area (Å²) < 4.78 is 0. The lowest BCUT2D eigenvalue weighted by molar-refractivity contribution is 0.0399. The molecule has 1 rings (SSSR count). The SMILES string of the molecule is C=C=C(C)C1(O)CCCCC1.C=C=CC. The van der Waals surface area contributed by atoms with Gasteiger partial charge in [0.15, 0.2) is 0 Å². The Morgan fingerprint density at radius 3 is 2.07 bits per heavy atom. The highest BCUT2D eigenvalue weighted by Gasteiger charge is 2.30. The van der Waals surface area contributed by atoms with Crippen LogP contribution < -0.4 is 0 Å². The van der Waals surface area contributed by atoms with Gasteiger partial charge in [0.05, 0.1) is 5.60 Å². The third-order valence-corrected chi connectivity index (χ3v) is 2.85. The van der Waals surface area contributed by atoms with Crippen molar-refractivity contribution in [1.82, 2.24) is 0 Å². The predicted molar refractivity (Wildman–Crippen MR) is 65.7 cm³/mol. The maximum absolute atomic E-state index is 10.0. The molecular formula is C14H22O. The van der Waals surface area contributed by atoms with Crippen LogP contribution in [-0.4, -0.2) is 10.7 Å². The fourth-order valence-electron chi connectivity index (χ4n) is 1.68. The van der Waals surface area contributed by atoms with Crippen molar-refractivity contribution >= 4 is 0 Å². The van der Waals surface area contributed by atoms with Crippen LogP contribution in [0.3, 0.4) is 0 Å². The van der Waals surface area contributed by atoms with E-state index in [-0.39, 0.29) is 0 Å². The minimum atomic E-state index is -0.569. The molecule has 1 saturated carbocycles. The lowest BCUT2D eigenvalue weighted by atomic mass is 9.80. The molecule has 0 atom stereocenters. The average molecular weight is 206 g/mol. The van der Waals surface area contributed by atoms with Crippen molar-refractivity contribution in [2.45, 2.75) is 51.6 Å². The summed E-state index contributed by atoms with van der Waals surface area (Å²) in [6.07, 6.45) is 7.07. The van der Waals surface area contributed by atoms with Crippen LogP contribution in [0, 0.1) is 0 Å². The number of aliphatic hydroxyl groups is 1. The third-order valence-electron chi connectivity index (χ3n) is 2.85. The van der Waals surface area contributed by atoms with E-state index in [9.17, 15) is 5.11 Å². The maximum atomic E-state index is 10.0. The van der Waals surface area contributed by atoms with Gasteiger partial charge in [0.2, 0.25) is 0 Å². The molecule has 0 spiro atoms. The second-order valence-corrected chi connectivity index (χ2v) is 3.89. The second kappa shape index (κ2) is 7.31. The van der Waals surface area contributed by atoms with Gasteiger partial charge < -0.3 is 5.11 Å². The van der Waals surface area contributed by atoms with Gasteiger partial charge in [-0.25, -0.2) is 0 Å². The first-order chi connectivity index (χ1) is 7.10. The van der Waals surface area contributed by atoms with E-state index in [0.717, 1.165) is 31.3 Å². The molecule has 1 nitrogen and oxygen atoms in total. The molecule has 1 N–H and O–H groups in total. The number of rotatable bonds is 1. The lowest BCUT2D eigenvalue weighted by Crippen LogP contribution is -2.32. The summed E-state index contributed by atoms with van der Waals surface area (Å²) in [5.41, 5.74) is 5.69. The van der Waals surface area contributed by atoms with E-state index in [4.69, 9.17) is 0 Å². The molecule has 1 fully saturated rings. The predicted octanol–water partition coefficient (Wildman–Crippen LogP) is 3.76. The van der Waals surface area contributed by atoms with Crippen LogP contribution in [0.15, 0.2) is 36.3 Å². The molecule has 15 heavy (non-hydrogen) atoms. The first-order valence-electron chi connectivity index (χ1n) is 5.50. The van der Waals surface area contributed by atoms with Gasteiger partial charge in [-0.15, -0.1) is 11.5 Å². The van der Waals surface area contributed by atoms with E-state index in [2.05, 4.69) is 24.6 Å². The summed E-state index contributed by atoms with van der Waals surface area (Å²) >= 11 is 0. The van der Waals surface area contributed by atoms with Gasteiger partial charge in [-0.05, 0) is 38.3 Å². The highest BCUT2D eigenvalue weighted by atomic mass is 16.3. The monoisotopic (exact) mass is 206 g/mol. The second-order valence-electron chi connectivity index (χ2n) is 3.89. The Bertz CT molecular complexity index is 270. The summed E-state index contributed by atoms with van der Waals surface area (Å²) in [5.74, 6) is 0. The maximum Gasteiger partial charge on any atom is 0.0927 e. The van der Waals surface area contributed by atoms with E-state index >= 15 is 0 Å². The molecule has 0 aromatic rings. The first-order valence-corrected chi connectivity index (χ1v) is 5.50. The molecule has 0 aromatic carbocycles. The number of hydrogen-bond donors (Lipinski definition) is 1. The molecule has 0 heterocycles. The molecule has 84 valence electrons. The van der Waals surface area contributed by atoms with Gasteiger partial charge in [-0.3, -0.25) is 0 Å². The van der Waals surface area contributed by atoms with Crippen LogP contribution in [-0.2, 0) is 0 Å². The summed E-state index contributed by atoms with van der Waals surface area (Å²) in [7, 11) is 0. The van der Waals surface area contributed by atoms with E-state index in [1.54, 1.807) is 6.08 Å². The van der Waals surface area contributed by atoms with Gasteiger partial charge in [0.25, 0.3) is 0 Å². The first kappa shape index (κ1) is 14.0. The molecule has 1 aliphatic carbocycles. The van der Waals surface area contributed by atoms with Crippen LogP contribution in [0.25, 0.3) is 0 Å². The molecule has 0 aliphatic heterocycles. The minimum absolute atomic E-state index is 0.569. The highest BCUT2D eigenvalue weighted by molar-refractivity contribution is 5.12. The van der Waals surface area contributed by atoms with E-state index in [1.807, 2.05) is 13.8 Å². The Balaban J connectivity index is 0.000000423. The molecule has 1 heteroatoms. The highest BCUT2D eigenvalue weighted by Crippen LogP contribution is 2.33. The third kappa shape index (κ3) is 4.85. The molecule has 0 saturated heterocycles. The molecule has 0 unspecified atom stereocenters. The van der Waals surface area contributed by atoms with Crippen LogP contribution in [0.4, 0.5) is 0 Å². The molecule has 0 amide bonds. The van der Waals surface area contributed by atoms with E-state index in [0.29, 0.717) is 0 Å². The molecule has 0 bridgehead atoms. The zero-order chi connectivity index (χ0) is 11.7. The van der Waals surface area contributed by atoms with E-state index < -0.39 is 5.60 Å². The van der Waals surface area contributed by atoms with Crippen molar-refractivity contribution in [2.75, 3.05) is 0 Å². The fourth-order valence-corrected chi connectivity index (χ4v) is 1.68. The van der Waals surface area contributed by atoms with Gasteiger partial charge in [-0.2, -0.15) is 0 Å². The topological polar surface area (TPSA) is 20.2 Å². The minimum Gasteiger partial charge on any atom is -0.385 e. The molecular weight excluding hydrogens is 184 g/mol. The van der Waals surface area contributed by atoms with Crippen molar-refractivity contribution in [3.8, 4) is 0 Å². The molecule has 0 aromatic heterocycles. The summed E-state index contributed by atoms with van der Waals surface area (Å²) in [5, 5.41) is 10.0. The van der Waals surface area contributed by atoms with Crippen molar-refractivity contribution in [2.24, 2.45) is 0 Å². The largest absolute Gasteiger partial charge is 0.385 e. The van der Waals surface area contributed by atoms with Crippen molar-refractivity contribution in [1.29, 1.82) is 0 Å². The Hall–Kier alpha value is -1.00. The summed E-state index contributed by atoms with van der Waals surface area (Å²) in [6.45, 7) is 10.7. The quantitative estimate of drug-likeness (QED) is 0.648.